The Hall–Kier alpha value is -1.98. The third-order valence-corrected chi connectivity index (χ3v) is 3.49. The van der Waals surface area contributed by atoms with Crippen molar-refractivity contribution >= 4 is 17.5 Å². The molecule has 2 amide bonds. The maximum atomic E-state index is 13.0. The lowest BCUT2D eigenvalue weighted by atomic mass is 9.95. The van der Waals surface area contributed by atoms with Gasteiger partial charge in [-0.1, -0.05) is 19.3 Å². The third-order valence-electron chi connectivity index (χ3n) is 3.49. The zero-order valence-corrected chi connectivity index (χ0v) is 11.6. The van der Waals surface area contributed by atoms with Crippen molar-refractivity contribution in [3.05, 3.63) is 29.8 Å². The van der Waals surface area contributed by atoms with Crippen molar-refractivity contribution in [1.29, 1.82) is 0 Å². The number of anilines is 1. The first-order valence-corrected chi connectivity index (χ1v) is 7.09. The van der Waals surface area contributed by atoms with Gasteiger partial charge in [0.1, 0.15) is 6.42 Å². The Labute approximate surface area is 121 Å². The molecule has 0 saturated heterocycles. The van der Waals surface area contributed by atoms with E-state index in [4.69, 9.17) is 0 Å². The van der Waals surface area contributed by atoms with Crippen LogP contribution in [0.3, 0.4) is 0 Å². The molecule has 4 nitrogen and oxygen atoms in total. The van der Waals surface area contributed by atoms with Gasteiger partial charge in [0.05, 0.1) is 0 Å². The molecule has 6 heteroatoms. The highest BCUT2D eigenvalue weighted by Crippen LogP contribution is 2.17. The number of hydrogen-bond acceptors (Lipinski definition) is 2. The van der Waals surface area contributed by atoms with Crippen LogP contribution in [0, 0.1) is 11.6 Å². The molecule has 0 unspecified atom stereocenters. The predicted molar refractivity (Wildman–Crippen MR) is 74.6 cm³/mol. The number of hydrogen-bond donors (Lipinski definition) is 2. The normalized spacial score (nSPS) is 15.5. The second-order valence-electron chi connectivity index (χ2n) is 5.26. The van der Waals surface area contributed by atoms with E-state index in [0.29, 0.717) is 0 Å². The van der Waals surface area contributed by atoms with Crippen LogP contribution in [0.25, 0.3) is 0 Å². The van der Waals surface area contributed by atoms with Crippen LogP contribution in [0.1, 0.15) is 38.5 Å². The van der Waals surface area contributed by atoms with Gasteiger partial charge in [-0.25, -0.2) is 8.78 Å². The fraction of sp³-hybridized carbons (Fsp3) is 0.467. The van der Waals surface area contributed by atoms with E-state index >= 15 is 0 Å². The smallest absolute Gasteiger partial charge is 0.233 e. The topological polar surface area (TPSA) is 58.2 Å². The van der Waals surface area contributed by atoms with Crippen LogP contribution in [0.5, 0.6) is 0 Å². The minimum Gasteiger partial charge on any atom is -0.353 e. The molecule has 0 radical (unpaired) electrons. The molecule has 114 valence electrons. The first kappa shape index (κ1) is 15.4. The summed E-state index contributed by atoms with van der Waals surface area (Å²) in [6.45, 7) is 0. The molecule has 2 rings (SSSR count). The van der Waals surface area contributed by atoms with Gasteiger partial charge < -0.3 is 10.6 Å². The van der Waals surface area contributed by atoms with Gasteiger partial charge in [-0.05, 0) is 25.0 Å². The van der Waals surface area contributed by atoms with Gasteiger partial charge in [0.15, 0.2) is 11.6 Å². The molecule has 21 heavy (non-hydrogen) atoms. The predicted octanol–water partition coefficient (Wildman–Crippen LogP) is 2.74. The Bertz CT molecular complexity index is 528. The number of amides is 2. The first-order valence-electron chi connectivity index (χ1n) is 7.09. The molecular weight excluding hydrogens is 278 g/mol. The van der Waals surface area contributed by atoms with Crippen LogP contribution in [-0.2, 0) is 9.59 Å². The zero-order valence-electron chi connectivity index (χ0n) is 11.6. The number of halogens is 2. The van der Waals surface area contributed by atoms with Gasteiger partial charge >= 0.3 is 0 Å². The van der Waals surface area contributed by atoms with Gasteiger partial charge in [0.2, 0.25) is 11.8 Å². The summed E-state index contributed by atoms with van der Waals surface area (Å²) in [7, 11) is 0. The fourth-order valence-electron chi connectivity index (χ4n) is 2.45. The van der Waals surface area contributed by atoms with Crippen molar-refractivity contribution in [2.24, 2.45) is 0 Å². The molecule has 0 aliphatic heterocycles. The maximum Gasteiger partial charge on any atom is 0.233 e. The van der Waals surface area contributed by atoms with E-state index in [1.54, 1.807) is 0 Å². The Kier molecular flexibility index (Phi) is 5.25. The Morgan fingerprint density at radius 3 is 2.43 bits per heavy atom. The molecule has 1 aromatic carbocycles. The Morgan fingerprint density at radius 1 is 1.05 bits per heavy atom. The fourth-order valence-corrected chi connectivity index (χ4v) is 2.45. The molecule has 0 heterocycles. The van der Waals surface area contributed by atoms with Gasteiger partial charge in [-0.2, -0.15) is 0 Å². The lowest BCUT2D eigenvalue weighted by molar-refractivity contribution is -0.127. The standard InChI is InChI=1S/C15H18F2N2O2/c16-12-7-6-11(8-13(12)17)19-15(21)9-14(20)18-10-4-2-1-3-5-10/h6-8,10H,1-5,9H2,(H,18,20)(H,19,21). The van der Waals surface area contributed by atoms with E-state index in [1.807, 2.05) is 0 Å². The minimum absolute atomic E-state index is 0.129. The summed E-state index contributed by atoms with van der Waals surface area (Å²) in [5, 5.41) is 5.19. The second kappa shape index (κ2) is 7.15. The molecule has 1 aromatic rings. The SMILES string of the molecule is O=C(CC(=O)NC1CCCCC1)Nc1ccc(F)c(F)c1. The highest BCUT2D eigenvalue weighted by Gasteiger charge is 2.17. The lowest BCUT2D eigenvalue weighted by Gasteiger charge is -2.22. The van der Waals surface area contributed by atoms with Crippen molar-refractivity contribution in [3.8, 4) is 0 Å². The minimum atomic E-state index is -1.04. The zero-order chi connectivity index (χ0) is 15.2. The van der Waals surface area contributed by atoms with Gasteiger partial charge in [-0.15, -0.1) is 0 Å². The van der Waals surface area contributed by atoms with Crippen LogP contribution >= 0.6 is 0 Å². The van der Waals surface area contributed by atoms with E-state index in [1.165, 1.54) is 12.5 Å². The molecule has 1 aliphatic carbocycles. The largest absolute Gasteiger partial charge is 0.353 e. The van der Waals surface area contributed by atoms with Crippen molar-refractivity contribution in [2.75, 3.05) is 5.32 Å². The van der Waals surface area contributed by atoms with Gasteiger partial charge in [0.25, 0.3) is 0 Å². The molecule has 0 atom stereocenters. The first-order chi connectivity index (χ1) is 10.0. The molecular formula is C15H18F2N2O2. The maximum absolute atomic E-state index is 13.0. The summed E-state index contributed by atoms with van der Waals surface area (Å²) in [4.78, 5) is 23.4. The van der Waals surface area contributed by atoms with E-state index in [9.17, 15) is 18.4 Å². The highest BCUT2D eigenvalue weighted by molar-refractivity contribution is 6.03. The van der Waals surface area contributed by atoms with Crippen molar-refractivity contribution in [2.45, 2.75) is 44.6 Å². The highest BCUT2D eigenvalue weighted by atomic mass is 19.2. The van der Waals surface area contributed by atoms with E-state index in [0.717, 1.165) is 37.8 Å². The van der Waals surface area contributed by atoms with Crippen LogP contribution in [0.4, 0.5) is 14.5 Å². The van der Waals surface area contributed by atoms with Crippen molar-refractivity contribution < 1.29 is 18.4 Å². The summed E-state index contributed by atoms with van der Waals surface area (Å²) in [5.74, 6) is -2.92. The quantitative estimate of drug-likeness (QED) is 0.839. The van der Waals surface area contributed by atoms with E-state index in [2.05, 4.69) is 10.6 Å². The molecule has 0 bridgehead atoms. The van der Waals surface area contributed by atoms with Crippen LogP contribution in [-0.4, -0.2) is 17.9 Å². The molecule has 0 spiro atoms. The number of nitrogens with one attached hydrogen (secondary N) is 2. The molecule has 1 fully saturated rings. The molecule has 1 aliphatic rings. The Morgan fingerprint density at radius 2 is 1.76 bits per heavy atom. The average Bonchev–Trinajstić information content (AvgIpc) is 2.43. The van der Waals surface area contributed by atoms with E-state index < -0.39 is 17.5 Å². The summed E-state index contributed by atoms with van der Waals surface area (Å²) >= 11 is 0. The Balaban J connectivity index is 1.80. The lowest BCUT2D eigenvalue weighted by Crippen LogP contribution is -2.37. The number of rotatable bonds is 4. The number of benzene rings is 1. The molecule has 1 saturated carbocycles. The summed E-state index contributed by atoms with van der Waals surface area (Å²) in [6.07, 6.45) is 4.92. The average molecular weight is 296 g/mol. The third kappa shape index (κ3) is 4.81. The summed E-state index contributed by atoms with van der Waals surface area (Å²) in [6, 6.07) is 3.19. The monoisotopic (exact) mass is 296 g/mol. The van der Waals surface area contributed by atoms with Crippen molar-refractivity contribution in [1.82, 2.24) is 5.32 Å². The number of carbonyl (C=O) groups is 2. The summed E-state index contributed by atoms with van der Waals surface area (Å²) in [5.41, 5.74) is 0.129. The summed E-state index contributed by atoms with van der Waals surface area (Å²) < 4.78 is 25.8. The number of carbonyl (C=O) groups excluding carboxylic acids is 2. The molecule has 0 aromatic heterocycles. The van der Waals surface area contributed by atoms with Crippen LogP contribution < -0.4 is 10.6 Å². The second-order valence-corrected chi connectivity index (χ2v) is 5.26. The van der Waals surface area contributed by atoms with Gasteiger partial charge in [-0.3, -0.25) is 9.59 Å². The van der Waals surface area contributed by atoms with Crippen LogP contribution in [0.15, 0.2) is 18.2 Å². The van der Waals surface area contributed by atoms with Gasteiger partial charge in [0, 0.05) is 17.8 Å². The van der Waals surface area contributed by atoms with Crippen LogP contribution in [0.2, 0.25) is 0 Å². The molecule has 2 N–H and O–H groups in total. The van der Waals surface area contributed by atoms with Crippen molar-refractivity contribution in [3.63, 3.8) is 0 Å². The van der Waals surface area contributed by atoms with E-state index in [-0.39, 0.29) is 24.1 Å².